The van der Waals surface area contributed by atoms with Gasteiger partial charge < -0.3 is 9.47 Å². The zero-order valence-electron chi connectivity index (χ0n) is 17.5. The van der Waals surface area contributed by atoms with Gasteiger partial charge in [-0.25, -0.2) is 0 Å². The van der Waals surface area contributed by atoms with E-state index in [1.165, 1.54) is 31.0 Å². The standard InChI is InChI=1S/C22H29N5OS/c1-16-12-17(2)14-20(13-16)26(11-7-10-23)21(28)15-29-22-25-24-18(3)27(22)19-8-5-4-6-9-19/h12-14,19H,4-9,11,15H2,1-3H3. The topological polar surface area (TPSA) is 74.8 Å². The van der Waals surface area contributed by atoms with Gasteiger partial charge >= 0.3 is 0 Å². The van der Waals surface area contributed by atoms with E-state index in [-0.39, 0.29) is 11.7 Å². The minimum Gasteiger partial charge on any atom is -0.311 e. The molecule has 1 fully saturated rings. The molecule has 0 N–H and O–H groups in total. The lowest BCUT2D eigenvalue weighted by Gasteiger charge is -2.25. The van der Waals surface area contributed by atoms with Crippen molar-refractivity contribution < 1.29 is 4.79 Å². The molecule has 0 radical (unpaired) electrons. The molecule has 0 atom stereocenters. The van der Waals surface area contributed by atoms with Crippen LogP contribution in [0, 0.1) is 32.1 Å². The molecule has 6 nitrogen and oxygen atoms in total. The van der Waals surface area contributed by atoms with E-state index in [1.54, 1.807) is 4.90 Å². The van der Waals surface area contributed by atoms with Crippen molar-refractivity contribution in [2.75, 3.05) is 17.2 Å². The van der Waals surface area contributed by atoms with Gasteiger partial charge in [-0.3, -0.25) is 4.79 Å². The molecule has 1 heterocycles. The van der Waals surface area contributed by atoms with Crippen LogP contribution >= 0.6 is 11.8 Å². The van der Waals surface area contributed by atoms with Crippen molar-refractivity contribution in [2.45, 2.75) is 70.5 Å². The van der Waals surface area contributed by atoms with Crippen LogP contribution in [-0.2, 0) is 4.79 Å². The molecule has 154 valence electrons. The Morgan fingerprint density at radius 2 is 1.86 bits per heavy atom. The third kappa shape index (κ3) is 5.39. The molecule has 0 spiro atoms. The molecule has 1 saturated carbocycles. The molecule has 2 aromatic rings. The van der Waals surface area contributed by atoms with E-state index in [9.17, 15) is 4.79 Å². The van der Waals surface area contributed by atoms with Crippen molar-refractivity contribution in [3.05, 3.63) is 35.2 Å². The van der Waals surface area contributed by atoms with Crippen molar-refractivity contribution >= 4 is 23.4 Å². The number of amides is 1. The van der Waals surface area contributed by atoms with Crippen molar-refractivity contribution in [1.29, 1.82) is 5.26 Å². The molecule has 3 rings (SSSR count). The van der Waals surface area contributed by atoms with Gasteiger partial charge in [-0.05, 0) is 56.9 Å². The summed E-state index contributed by atoms with van der Waals surface area (Å²) in [4.78, 5) is 14.8. The summed E-state index contributed by atoms with van der Waals surface area (Å²) in [5.74, 6) is 1.19. The molecule has 0 bridgehead atoms. The molecule has 1 aromatic carbocycles. The van der Waals surface area contributed by atoms with E-state index in [1.807, 2.05) is 32.9 Å². The Balaban J connectivity index is 1.74. The van der Waals surface area contributed by atoms with Crippen molar-refractivity contribution in [3.8, 4) is 6.07 Å². The minimum atomic E-state index is -0.00824. The molecule has 1 aliphatic carbocycles. The van der Waals surface area contributed by atoms with Crippen molar-refractivity contribution in [2.24, 2.45) is 0 Å². The average molecular weight is 412 g/mol. The Labute approximate surface area is 177 Å². The van der Waals surface area contributed by atoms with Gasteiger partial charge in [0.15, 0.2) is 5.16 Å². The number of hydrogen-bond donors (Lipinski definition) is 0. The van der Waals surface area contributed by atoms with Crippen LogP contribution in [0.1, 0.15) is 61.5 Å². The highest BCUT2D eigenvalue weighted by Crippen LogP contribution is 2.32. The van der Waals surface area contributed by atoms with Gasteiger partial charge in [0.05, 0.1) is 18.2 Å². The van der Waals surface area contributed by atoms with Gasteiger partial charge in [0.1, 0.15) is 5.82 Å². The summed E-state index contributed by atoms with van der Waals surface area (Å²) >= 11 is 1.45. The van der Waals surface area contributed by atoms with Crippen LogP contribution in [-0.4, -0.2) is 33.0 Å². The predicted molar refractivity (Wildman–Crippen MR) is 116 cm³/mol. The average Bonchev–Trinajstić information content (AvgIpc) is 3.07. The van der Waals surface area contributed by atoms with Crippen LogP contribution in [0.3, 0.4) is 0 Å². The highest BCUT2D eigenvalue weighted by molar-refractivity contribution is 7.99. The van der Waals surface area contributed by atoms with Crippen molar-refractivity contribution in [3.63, 3.8) is 0 Å². The van der Waals surface area contributed by atoms with Gasteiger partial charge in [0.2, 0.25) is 5.91 Å². The maximum Gasteiger partial charge on any atom is 0.237 e. The molecule has 0 unspecified atom stereocenters. The highest BCUT2D eigenvalue weighted by atomic mass is 32.2. The van der Waals surface area contributed by atoms with E-state index in [4.69, 9.17) is 5.26 Å². The van der Waals surface area contributed by atoms with Gasteiger partial charge in [0.25, 0.3) is 0 Å². The lowest BCUT2D eigenvalue weighted by atomic mass is 9.95. The first kappa shape index (κ1) is 21.4. The second-order valence-electron chi connectivity index (χ2n) is 7.78. The van der Waals surface area contributed by atoms with Gasteiger partial charge in [0, 0.05) is 18.3 Å². The Bertz CT molecular complexity index is 875. The Morgan fingerprint density at radius 3 is 2.52 bits per heavy atom. The number of carbonyl (C=O) groups excluding carboxylic acids is 1. The highest BCUT2D eigenvalue weighted by Gasteiger charge is 2.23. The Morgan fingerprint density at radius 1 is 1.17 bits per heavy atom. The van der Waals surface area contributed by atoms with E-state index >= 15 is 0 Å². The van der Waals surface area contributed by atoms with E-state index in [0.29, 0.717) is 19.0 Å². The summed E-state index contributed by atoms with van der Waals surface area (Å²) in [6.45, 7) is 6.43. The summed E-state index contributed by atoms with van der Waals surface area (Å²) in [6.07, 6.45) is 6.37. The fourth-order valence-corrected chi connectivity index (χ4v) is 5.01. The van der Waals surface area contributed by atoms with E-state index in [2.05, 4.69) is 26.9 Å². The van der Waals surface area contributed by atoms with Crippen LogP contribution in [0.2, 0.25) is 0 Å². The normalized spacial score (nSPS) is 14.6. The third-order valence-corrected chi connectivity index (χ3v) is 6.29. The monoisotopic (exact) mass is 411 g/mol. The molecule has 1 amide bonds. The zero-order valence-corrected chi connectivity index (χ0v) is 18.3. The number of hydrogen-bond acceptors (Lipinski definition) is 5. The summed E-state index contributed by atoms with van der Waals surface area (Å²) in [5, 5.41) is 18.5. The number of carbonyl (C=O) groups is 1. The lowest BCUT2D eigenvalue weighted by Crippen LogP contribution is -2.33. The summed E-state index contributed by atoms with van der Waals surface area (Å²) in [7, 11) is 0. The Hall–Kier alpha value is -2.33. The lowest BCUT2D eigenvalue weighted by molar-refractivity contribution is -0.116. The Kier molecular flexibility index (Phi) is 7.32. The molecule has 1 aliphatic rings. The largest absolute Gasteiger partial charge is 0.311 e. The smallest absolute Gasteiger partial charge is 0.237 e. The molecule has 29 heavy (non-hydrogen) atoms. The van der Waals surface area contributed by atoms with E-state index < -0.39 is 0 Å². The molecule has 0 aliphatic heterocycles. The van der Waals surface area contributed by atoms with Crippen LogP contribution in [0.25, 0.3) is 0 Å². The number of aromatic nitrogens is 3. The molecule has 7 heteroatoms. The quantitative estimate of drug-likeness (QED) is 0.615. The fraction of sp³-hybridized carbons (Fsp3) is 0.545. The minimum absolute atomic E-state index is 0.00824. The second-order valence-corrected chi connectivity index (χ2v) is 8.72. The van der Waals surface area contributed by atoms with Gasteiger partial charge in [-0.1, -0.05) is 37.1 Å². The fourth-order valence-electron chi connectivity index (χ4n) is 4.08. The first-order valence-corrected chi connectivity index (χ1v) is 11.3. The van der Waals surface area contributed by atoms with Crippen LogP contribution in [0.4, 0.5) is 5.69 Å². The number of aryl methyl sites for hydroxylation is 3. The number of benzene rings is 1. The number of anilines is 1. The maximum atomic E-state index is 13.1. The predicted octanol–water partition coefficient (Wildman–Crippen LogP) is 4.75. The maximum absolute atomic E-state index is 13.1. The van der Waals surface area contributed by atoms with Crippen molar-refractivity contribution in [1.82, 2.24) is 14.8 Å². The van der Waals surface area contributed by atoms with Crippen LogP contribution in [0.5, 0.6) is 0 Å². The summed E-state index contributed by atoms with van der Waals surface area (Å²) < 4.78 is 2.22. The number of rotatable bonds is 7. The third-order valence-electron chi connectivity index (χ3n) is 5.37. The van der Waals surface area contributed by atoms with Crippen LogP contribution < -0.4 is 4.90 Å². The number of nitrogens with zero attached hydrogens (tertiary/aromatic N) is 5. The molecular weight excluding hydrogens is 382 g/mol. The van der Waals surface area contributed by atoms with Gasteiger partial charge in [-0.2, -0.15) is 5.26 Å². The molecule has 0 saturated heterocycles. The SMILES string of the molecule is Cc1cc(C)cc(N(CCC#N)C(=O)CSc2nnc(C)n2C2CCCCC2)c1. The molecule has 1 aromatic heterocycles. The first-order chi connectivity index (χ1) is 14.0. The zero-order chi connectivity index (χ0) is 20.8. The first-order valence-electron chi connectivity index (χ1n) is 10.3. The summed E-state index contributed by atoms with van der Waals surface area (Å²) in [5.41, 5.74) is 3.07. The van der Waals surface area contributed by atoms with Gasteiger partial charge in [-0.15, -0.1) is 10.2 Å². The number of thioether (sulfide) groups is 1. The summed E-state index contributed by atoms with van der Waals surface area (Å²) in [6, 6.07) is 8.68. The van der Waals surface area contributed by atoms with Crippen LogP contribution in [0.15, 0.2) is 23.4 Å². The van der Waals surface area contributed by atoms with E-state index in [0.717, 1.165) is 40.6 Å². The second kappa shape index (κ2) is 9.93. The number of nitriles is 1. The molecular formula is C22H29N5OS.